The Kier molecular flexibility index (Phi) is 3.11. The monoisotopic (exact) mass is 264 g/mol. The molecule has 3 aliphatic rings. The molecule has 0 amide bonds. The second-order valence-electron chi connectivity index (χ2n) is 6.19. The minimum atomic E-state index is -0.903. The van der Waals surface area contributed by atoms with Crippen molar-refractivity contribution in [3.63, 3.8) is 0 Å². The zero-order valence-electron chi connectivity index (χ0n) is 11.1. The largest absolute Gasteiger partial charge is 0.481 e. The molecule has 0 aliphatic heterocycles. The molecular weight excluding hydrogens is 244 g/mol. The van der Waals surface area contributed by atoms with Gasteiger partial charge in [-0.15, -0.1) is 0 Å². The molecule has 2 saturated carbocycles. The lowest BCUT2D eigenvalue weighted by atomic mass is 9.70. The lowest BCUT2D eigenvalue weighted by Crippen LogP contribution is -2.35. The summed E-state index contributed by atoms with van der Waals surface area (Å²) < 4.78 is 4.83. The van der Waals surface area contributed by atoms with Gasteiger partial charge in [0.1, 0.15) is 0 Å². The number of carboxylic acid groups (broad SMARTS) is 1. The predicted octanol–water partition coefficient (Wildman–Crippen LogP) is 2.10. The van der Waals surface area contributed by atoms with Crippen LogP contribution in [0.25, 0.3) is 0 Å². The molecular formula is C15H20O4. The Labute approximate surface area is 112 Å². The number of hydrogen-bond acceptors (Lipinski definition) is 3. The fraction of sp³-hybridized carbons (Fsp3) is 0.733. The van der Waals surface area contributed by atoms with E-state index >= 15 is 0 Å². The number of carbonyl (C=O) groups is 2. The molecule has 0 aromatic rings. The van der Waals surface area contributed by atoms with Gasteiger partial charge in [0.2, 0.25) is 0 Å². The maximum absolute atomic E-state index is 11.9. The predicted molar refractivity (Wildman–Crippen MR) is 68.2 cm³/mol. The average Bonchev–Trinajstić information content (AvgIpc) is 3.05. The van der Waals surface area contributed by atoms with E-state index in [1.54, 1.807) is 0 Å². The van der Waals surface area contributed by atoms with Crippen LogP contribution < -0.4 is 0 Å². The molecule has 0 radical (unpaired) electrons. The van der Waals surface area contributed by atoms with Gasteiger partial charge in [-0.2, -0.15) is 0 Å². The van der Waals surface area contributed by atoms with E-state index in [9.17, 15) is 9.59 Å². The van der Waals surface area contributed by atoms with E-state index in [1.807, 2.05) is 0 Å². The van der Waals surface area contributed by atoms with Crippen LogP contribution in [0.5, 0.6) is 0 Å². The molecule has 0 spiro atoms. The molecule has 6 unspecified atom stereocenters. The highest BCUT2D eigenvalue weighted by molar-refractivity contribution is 5.79. The van der Waals surface area contributed by atoms with Crippen molar-refractivity contribution in [3.05, 3.63) is 12.2 Å². The number of hydrogen-bond donors (Lipinski definition) is 1. The number of carboxylic acids is 1. The van der Waals surface area contributed by atoms with Crippen molar-refractivity contribution < 1.29 is 19.4 Å². The highest BCUT2D eigenvalue weighted by Gasteiger charge is 2.55. The summed E-state index contributed by atoms with van der Waals surface area (Å²) in [5, 5.41) is 9.03. The third kappa shape index (κ3) is 1.97. The maximum Gasteiger partial charge on any atom is 0.309 e. The number of carbonyl (C=O) groups excluding carboxylic acids is 1. The minimum absolute atomic E-state index is 0.0919. The first kappa shape index (κ1) is 12.7. The third-order valence-electron chi connectivity index (χ3n) is 5.47. The first-order chi connectivity index (χ1) is 9.11. The Hall–Kier alpha value is -1.32. The Morgan fingerprint density at radius 2 is 2.16 bits per heavy atom. The van der Waals surface area contributed by atoms with Gasteiger partial charge < -0.3 is 9.84 Å². The van der Waals surface area contributed by atoms with Crippen LogP contribution in [0.4, 0.5) is 0 Å². The molecule has 104 valence electrons. The summed E-state index contributed by atoms with van der Waals surface area (Å²) in [6.07, 6.45) is 7.74. The van der Waals surface area contributed by atoms with Crippen LogP contribution in [0.2, 0.25) is 0 Å². The fourth-order valence-corrected chi connectivity index (χ4v) is 4.82. The molecule has 6 atom stereocenters. The van der Waals surface area contributed by atoms with E-state index in [0.29, 0.717) is 23.7 Å². The maximum atomic E-state index is 11.9. The van der Waals surface area contributed by atoms with Gasteiger partial charge in [-0.25, -0.2) is 0 Å². The lowest BCUT2D eigenvalue weighted by molar-refractivity contribution is -0.154. The second kappa shape index (κ2) is 4.66. The Balaban J connectivity index is 1.78. The summed E-state index contributed by atoms with van der Waals surface area (Å²) in [7, 11) is 1.35. The minimum Gasteiger partial charge on any atom is -0.481 e. The van der Waals surface area contributed by atoms with Gasteiger partial charge in [0.05, 0.1) is 19.4 Å². The molecule has 3 rings (SSSR count). The second-order valence-corrected chi connectivity index (χ2v) is 6.19. The highest BCUT2D eigenvalue weighted by atomic mass is 16.5. The van der Waals surface area contributed by atoms with Crippen molar-refractivity contribution in [2.45, 2.75) is 25.7 Å². The van der Waals surface area contributed by atoms with Crippen molar-refractivity contribution in [2.75, 3.05) is 7.11 Å². The number of esters is 1. The quantitative estimate of drug-likeness (QED) is 0.624. The first-order valence-corrected chi connectivity index (χ1v) is 7.08. The summed E-state index contributed by atoms with van der Waals surface area (Å²) >= 11 is 0. The van der Waals surface area contributed by atoms with E-state index in [0.717, 1.165) is 19.3 Å². The van der Waals surface area contributed by atoms with E-state index in [1.165, 1.54) is 7.11 Å². The van der Waals surface area contributed by atoms with Crippen LogP contribution in [0.3, 0.4) is 0 Å². The van der Waals surface area contributed by atoms with Crippen LogP contribution in [-0.2, 0) is 14.3 Å². The van der Waals surface area contributed by atoms with Gasteiger partial charge in [-0.1, -0.05) is 12.2 Å². The highest BCUT2D eigenvalue weighted by Crippen LogP contribution is 2.60. The number of rotatable bonds is 4. The van der Waals surface area contributed by atoms with Crippen molar-refractivity contribution in [2.24, 2.45) is 35.5 Å². The van der Waals surface area contributed by atoms with E-state index in [-0.39, 0.29) is 18.3 Å². The molecule has 0 heterocycles. The first-order valence-electron chi connectivity index (χ1n) is 7.08. The van der Waals surface area contributed by atoms with Gasteiger partial charge in [0.15, 0.2) is 0 Å². The lowest BCUT2D eigenvalue weighted by Gasteiger charge is -2.34. The van der Waals surface area contributed by atoms with Gasteiger partial charge in [0.25, 0.3) is 0 Å². The number of ether oxygens (including phenoxy) is 1. The number of methoxy groups -OCH3 is 1. The topological polar surface area (TPSA) is 63.6 Å². The number of allylic oxidation sites excluding steroid dienone is 2. The van der Waals surface area contributed by atoms with E-state index in [4.69, 9.17) is 9.84 Å². The molecule has 0 aromatic carbocycles. The standard InChI is InChI=1S/C15H20O4/c1-19-15(18)13(7-14(16)17)12-6-8-5-11(12)10-4-2-3-9(8)10/h2-3,8-13H,4-7H2,1H3,(H,16,17). The Morgan fingerprint density at radius 1 is 1.37 bits per heavy atom. The average molecular weight is 264 g/mol. The van der Waals surface area contributed by atoms with Crippen LogP contribution >= 0.6 is 0 Å². The summed E-state index contributed by atoms with van der Waals surface area (Å²) in [6.45, 7) is 0. The summed E-state index contributed by atoms with van der Waals surface area (Å²) in [6, 6.07) is 0. The molecule has 3 aliphatic carbocycles. The van der Waals surface area contributed by atoms with Crippen LogP contribution in [0.15, 0.2) is 12.2 Å². The van der Waals surface area contributed by atoms with Crippen molar-refractivity contribution >= 4 is 11.9 Å². The van der Waals surface area contributed by atoms with Crippen molar-refractivity contribution in [1.82, 2.24) is 0 Å². The smallest absolute Gasteiger partial charge is 0.309 e. The zero-order valence-corrected chi connectivity index (χ0v) is 11.1. The Morgan fingerprint density at radius 3 is 2.84 bits per heavy atom. The zero-order chi connectivity index (χ0) is 13.6. The van der Waals surface area contributed by atoms with Gasteiger partial charge in [-0.3, -0.25) is 9.59 Å². The van der Waals surface area contributed by atoms with Gasteiger partial charge in [-0.05, 0) is 48.9 Å². The Bertz CT molecular complexity index is 428. The molecule has 4 heteroatoms. The van der Waals surface area contributed by atoms with Crippen molar-refractivity contribution in [1.29, 1.82) is 0 Å². The van der Waals surface area contributed by atoms with Gasteiger partial charge in [0, 0.05) is 0 Å². The van der Waals surface area contributed by atoms with Crippen LogP contribution in [0.1, 0.15) is 25.7 Å². The normalized spacial score (nSPS) is 40.2. The summed E-state index contributed by atoms with van der Waals surface area (Å²) in [5.74, 6) is 0.984. The number of fused-ring (bicyclic) bond motifs is 5. The van der Waals surface area contributed by atoms with Crippen LogP contribution in [0, 0.1) is 35.5 Å². The fourth-order valence-electron chi connectivity index (χ4n) is 4.82. The van der Waals surface area contributed by atoms with Crippen molar-refractivity contribution in [3.8, 4) is 0 Å². The summed E-state index contributed by atoms with van der Waals surface area (Å²) in [5.41, 5.74) is 0. The number of aliphatic carboxylic acids is 1. The molecule has 0 saturated heterocycles. The molecule has 2 fully saturated rings. The molecule has 1 N–H and O–H groups in total. The van der Waals surface area contributed by atoms with Gasteiger partial charge >= 0.3 is 11.9 Å². The molecule has 2 bridgehead atoms. The summed E-state index contributed by atoms with van der Waals surface area (Å²) in [4.78, 5) is 22.9. The molecule has 19 heavy (non-hydrogen) atoms. The van der Waals surface area contributed by atoms with E-state index < -0.39 is 11.9 Å². The van der Waals surface area contributed by atoms with Crippen LogP contribution in [-0.4, -0.2) is 24.2 Å². The molecule has 0 aromatic heterocycles. The van der Waals surface area contributed by atoms with E-state index in [2.05, 4.69) is 12.2 Å². The molecule has 4 nitrogen and oxygen atoms in total. The third-order valence-corrected chi connectivity index (χ3v) is 5.47. The SMILES string of the molecule is COC(=O)C(CC(=O)O)C1CC2CC1C1CC=CC21.